The van der Waals surface area contributed by atoms with Gasteiger partial charge in [-0.25, -0.2) is 9.59 Å². The number of nitrogens with two attached hydrogens (primary N) is 1. The maximum absolute atomic E-state index is 13.2. The van der Waals surface area contributed by atoms with Gasteiger partial charge in [0.25, 0.3) is 0 Å². The smallest absolute Gasteiger partial charge is 0.337 e. The van der Waals surface area contributed by atoms with Crippen LogP contribution in [0.5, 0.6) is 0 Å². The van der Waals surface area contributed by atoms with Gasteiger partial charge in [0.15, 0.2) is 6.10 Å². The molecule has 4 aromatic carbocycles. The number of hydrogen-bond donors (Lipinski definition) is 3. The summed E-state index contributed by atoms with van der Waals surface area (Å²) in [7, 11) is 0. The molecule has 8 nitrogen and oxygen atoms in total. The second kappa shape index (κ2) is 14.3. The minimum absolute atomic E-state index is 0.0101. The van der Waals surface area contributed by atoms with E-state index in [9.17, 15) is 19.5 Å². The molecule has 0 aromatic heterocycles. The van der Waals surface area contributed by atoms with Crippen molar-refractivity contribution in [3.8, 4) is 11.1 Å². The molecule has 0 saturated carbocycles. The van der Waals surface area contributed by atoms with Crippen LogP contribution in [0.4, 0.5) is 4.79 Å². The van der Waals surface area contributed by atoms with Gasteiger partial charge in [0.05, 0.1) is 6.54 Å². The van der Waals surface area contributed by atoms with Crippen molar-refractivity contribution in [2.24, 2.45) is 11.7 Å². The number of carbonyl (C=O) groups is 3. The number of rotatable bonds is 12. The third-order valence-corrected chi connectivity index (χ3v) is 6.90. The van der Waals surface area contributed by atoms with Crippen LogP contribution in [0.1, 0.15) is 25.0 Å². The summed E-state index contributed by atoms with van der Waals surface area (Å²) in [6.45, 7) is 3.78. The summed E-state index contributed by atoms with van der Waals surface area (Å²) in [5.41, 5.74) is 9.41. The number of esters is 1. The number of primary amides is 1. The van der Waals surface area contributed by atoms with E-state index in [-0.39, 0.29) is 32.0 Å². The van der Waals surface area contributed by atoms with E-state index in [4.69, 9.17) is 10.5 Å². The van der Waals surface area contributed by atoms with Crippen molar-refractivity contribution in [1.29, 1.82) is 0 Å². The lowest BCUT2D eigenvalue weighted by Crippen LogP contribution is -2.53. The van der Waals surface area contributed by atoms with Crippen LogP contribution in [0.15, 0.2) is 97.1 Å². The van der Waals surface area contributed by atoms with Crippen LogP contribution in [0.3, 0.4) is 0 Å². The maximum Gasteiger partial charge on any atom is 0.337 e. The Morgan fingerprint density at radius 3 is 2.19 bits per heavy atom. The predicted octanol–water partition coefficient (Wildman–Crippen LogP) is 4.68. The number of nitrogens with zero attached hydrogens (tertiary/aromatic N) is 1. The van der Waals surface area contributed by atoms with Crippen LogP contribution in [-0.2, 0) is 27.4 Å². The molecule has 4 aromatic rings. The number of hydrogen-bond acceptors (Lipinski definition) is 5. The first kappa shape index (κ1) is 30.3. The molecule has 0 aliphatic carbocycles. The molecule has 42 heavy (non-hydrogen) atoms. The first-order valence-corrected chi connectivity index (χ1v) is 14.0. The lowest BCUT2D eigenvalue weighted by atomic mass is 9.96. The summed E-state index contributed by atoms with van der Waals surface area (Å²) < 4.78 is 5.22. The normalized spacial score (nSPS) is 12.5. The van der Waals surface area contributed by atoms with Gasteiger partial charge >= 0.3 is 12.0 Å². The van der Waals surface area contributed by atoms with E-state index in [0.717, 1.165) is 33.0 Å². The first-order chi connectivity index (χ1) is 20.2. The van der Waals surface area contributed by atoms with Crippen LogP contribution >= 0.6 is 0 Å². The highest BCUT2D eigenvalue weighted by Crippen LogP contribution is 2.28. The standard InChI is InChI=1S/C34H37N3O5/c1-23(2)20-37(21-31(38)33(40)42-22-25-9-4-3-5-10-25)34(41)36-30(32(35)39)19-24-15-17-27(18-16-24)29-14-8-12-26-11-6-7-13-28(26)29/h3-18,23,30-31,38H,19-22H2,1-2H3,(H2,35,39)(H,36,41). The SMILES string of the molecule is CC(C)CN(CC(O)C(=O)OCc1ccccc1)C(=O)NC(Cc1ccc(-c2cccc3ccccc23)cc1)C(N)=O. The highest BCUT2D eigenvalue weighted by Gasteiger charge is 2.27. The Balaban J connectivity index is 1.40. The molecule has 0 aliphatic heterocycles. The van der Waals surface area contributed by atoms with Gasteiger partial charge in [0.1, 0.15) is 12.6 Å². The number of aliphatic hydroxyl groups excluding tert-OH is 1. The van der Waals surface area contributed by atoms with E-state index in [1.54, 1.807) is 12.1 Å². The Morgan fingerprint density at radius 1 is 0.833 bits per heavy atom. The molecule has 4 rings (SSSR count). The maximum atomic E-state index is 13.2. The van der Waals surface area contributed by atoms with Gasteiger partial charge in [0, 0.05) is 13.0 Å². The van der Waals surface area contributed by atoms with E-state index in [1.807, 2.05) is 74.5 Å². The molecule has 2 atom stereocenters. The summed E-state index contributed by atoms with van der Waals surface area (Å²) in [5, 5.41) is 15.5. The van der Waals surface area contributed by atoms with Gasteiger partial charge in [-0.1, -0.05) is 111 Å². The van der Waals surface area contributed by atoms with Crippen molar-refractivity contribution >= 4 is 28.7 Å². The zero-order chi connectivity index (χ0) is 30.1. The van der Waals surface area contributed by atoms with Crippen LogP contribution in [0.25, 0.3) is 21.9 Å². The molecular weight excluding hydrogens is 530 g/mol. The van der Waals surface area contributed by atoms with Crippen molar-refractivity contribution in [3.05, 3.63) is 108 Å². The third kappa shape index (κ3) is 8.17. The van der Waals surface area contributed by atoms with Crippen molar-refractivity contribution < 1.29 is 24.2 Å². The van der Waals surface area contributed by atoms with Gasteiger partial charge in [-0.05, 0) is 38.9 Å². The number of aliphatic hydroxyl groups is 1. The zero-order valence-electron chi connectivity index (χ0n) is 23.9. The molecule has 0 bridgehead atoms. The minimum atomic E-state index is -1.55. The van der Waals surface area contributed by atoms with Crippen molar-refractivity contribution in [3.63, 3.8) is 0 Å². The van der Waals surface area contributed by atoms with E-state index in [0.29, 0.717) is 0 Å². The molecule has 0 radical (unpaired) electrons. The van der Waals surface area contributed by atoms with Gasteiger partial charge < -0.3 is 25.8 Å². The van der Waals surface area contributed by atoms with Gasteiger partial charge in [-0.15, -0.1) is 0 Å². The first-order valence-electron chi connectivity index (χ1n) is 14.0. The highest BCUT2D eigenvalue weighted by molar-refractivity contribution is 5.96. The number of fused-ring (bicyclic) bond motifs is 1. The molecule has 218 valence electrons. The van der Waals surface area contributed by atoms with E-state index < -0.39 is 30.1 Å². The monoisotopic (exact) mass is 567 g/mol. The quantitative estimate of drug-likeness (QED) is 0.215. The molecule has 0 heterocycles. The summed E-state index contributed by atoms with van der Waals surface area (Å²) in [5.74, 6) is -1.48. The third-order valence-electron chi connectivity index (χ3n) is 6.90. The number of amides is 3. The fourth-order valence-electron chi connectivity index (χ4n) is 4.79. The highest BCUT2D eigenvalue weighted by atomic mass is 16.5. The summed E-state index contributed by atoms with van der Waals surface area (Å²) in [6.07, 6.45) is -1.36. The molecule has 0 saturated heterocycles. The Hall–Kier alpha value is -4.69. The predicted molar refractivity (Wildman–Crippen MR) is 163 cm³/mol. The second-order valence-electron chi connectivity index (χ2n) is 10.7. The largest absolute Gasteiger partial charge is 0.459 e. The Kier molecular flexibility index (Phi) is 10.3. The topological polar surface area (TPSA) is 122 Å². The summed E-state index contributed by atoms with van der Waals surface area (Å²) in [6, 6.07) is 29.6. The molecule has 3 amide bonds. The molecule has 0 aliphatic rings. The second-order valence-corrected chi connectivity index (χ2v) is 10.7. The van der Waals surface area contributed by atoms with E-state index >= 15 is 0 Å². The number of nitrogens with one attached hydrogen (secondary N) is 1. The Labute approximate surface area is 246 Å². The van der Waals surface area contributed by atoms with Crippen molar-refractivity contribution in [1.82, 2.24) is 10.2 Å². The number of benzene rings is 4. The lowest BCUT2D eigenvalue weighted by molar-refractivity contribution is -0.155. The van der Waals surface area contributed by atoms with Crippen molar-refractivity contribution in [2.75, 3.05) is 13.1 Å². The van der Waals surface area contributed by atoms with Crippen molar-refractivity contribution in [2.45, 2.75) is 39.0 Å². The number of urea groups is 1. The van der Waals surface area contributed by atoms with Gasteiger partial charge in [-0.2, -0.15) is 0 Å². The van der Waals surface area contributed by atoms with Gasteiger partial charge in [0.2, 0.25) is 5.91 Å². The lowest BCUT2D eigenvalue weighted by Gasteiger charge is -2.28. The average molecular weight is 568 g/mol. The minimum Gasteiger partial charge on any atom is -0.459 e. The molecule has 2 unspecified atom stereocenters. The number of ether oxygens (including phenoxy) is 1. The molecule has 4 N–H and O–H groups in total. The fourth-order valence-corrected chi connectivity index (χ4v) is 4.79. The molecule has 0 fully saturated rings. The average Bonchev–Trinajstić information content (AvgIpc) is 2.99. The summed E-state index contributed by atoms with van der Waals surface area (Å²) in [4.78, 5) is 39.3. The molecular formula is C34H37N3O5. The van der Waals surface area contributed by atoms with Gasteiger partial charge in [-0.3, -0.25) is 4.79 Å². The van der Waals surface area contributed by atoms with Crippen LogP contribution in [0, 0.1) is 5.92 Å². The summed E-state index contributed by atoms with van der Waals surface area (Å²) >= 11 is 0. The fraction of sp³-hybridized carbons (Fsp3) is 0.265. The van der Waals surface area contributed by atoms with E-state index in [2.05, 4.69) is 29.6 Å². The van der Waals surface area contributed by atoms with Crippen LogP contribution in [-0.4, -0.2) is 53.1 Å². The Bertz CT molecular complexity index is 1500. The van der Waals surface area contributed by atoms with Crippen LogP contribution < -0.4 is 11.1 Å². The molecule has 8 heteroatoms. The van der Waals surface area contributed by atoms with Crippen LogP contribution in [0.2, 0.25) is 0 Å². The number of carbonyl (C=O) groups excluding carboxylic acids is 3. The zero-order valence-corrected chi connectivity index (χ0v) is 23.9. The van der Waals surface area contributed by atoms with E-state index in [1.165, 1.54) is 4.90 Å². The Morgan fingerprint density at radius 2 is 1.50 bits per heavy atom. The molecule has 0 spiro atoms.